The summed E-state index contributed by atoms with van der Waals surface area (Å²) < 4.78 is 0. The quantitative estimate of drug-likeness (QED) is 0.650. The van der Waals surface area contributed by atoms with Crippen molar-refractivity contribution in [1.82, 2.24) is 4.98 Å². The van der Waals surface area contributed by atoms with Gasteiger partial charge in [-0.25, -0.2) is 0 Å². The fraction of sp³-hybridized carbons (Fsp3) is 0.368. The van der Waals surface area contributed by atoms with E-state index in [9.17, 15) is 0 Å². The van der Waals surface area contributed by atoms with E-state index in [1.54, 1.807) is 6.20 Å². The minimum atomic E-state index is -0.111. The Morgan fingerprint density at radius 1 is 1.26 bits per heavy atom. The number of nitrogens with zero attached hydrogens (tertiary/aromatic N) is 2. The monoisotopic (exact) mass is 310 g/mol. The lowest BCUT2D eigenvalue weighted by atomic mass is 9.86. The molecule has 0 saturated heterocycles. The molecule has 0 fully saturated rings. The molecule has 0 aliphatic rings. The summed E-state index contributed by atoms with van der Waals surface area (Å²) in [7, 11) is 0. The number of aromatic nitrogens is 1. The van der Waals surface area contributed by atoms with E-state index in [2.05, 4.69) is 61.2 Å². The Morgan fingerprint density at radius 2 is 2.04 bits per heavy atom. The van der Waals surface area contributed by atoms with Crippen molar-refractivity contribution >= 4 is 11.6 Å². The smallest absolute Gasteiger partial charge is 0.193 e. The van der Waals surface area contributed by atoms with Gasteiger partial charge in [0, 0.05) is 23.5 Å². The van der Waals surface area contributed by atoms with Gasteiger partial charge in [-0.3, -0.25) is 9.98 Å². The Hall–Kier alpha value is -2.36. The van der Waals surface area contributed by atoms with Crippen LogP contribution in [0.25, 0.3) is 0 Å². The number of rotatable bonds is 5. The van der Waals surface area contributed by atoms with Gasteiger partial charge < -0.3 is 11.1 Å². The molecule has 0 aliphatic carbocycles. The zero-order valence-electron chi connectivity index (χ0n) is 14.4. The van der Waals surface area contributed by atoms with Gasteiger partial charge in [0.2, 0.25) is 0 Å². The molecule has 1 aromatic heterocycles. The van der Waals surface area contributed by atoms with Crippen molar-refractivity contribution in [3.63, 3.8) is 0 Å². The predicted molar refractivity (Wildman–Crippen MR) is 97.9 cm³/mol. The Labute approximate surface area is 138 Å². The van der Waals surface area contributed by atoms with Crippen LogP contribution in [-0.2, 0) is 5.41 Å². The SMILES string of the molecule is CC(C)c1cccc(NC(N)=NCC(C)(C)c2cccnc2)c1. The van der Waals surface area contributed by atoms with Crippen molar-refractivity contribution in [3.05, 3.63) is 59.9 Å². The molecule has 0 aliphatic heterocycles. The summed E-state index contributed by atoms with van der Waals surface area (Å²) in [5.74, 6) is 0.919. The van der Waals surface area contributed by atoms with Crippen molar-refractivity contribution in [2.75, 3.05) is 11.9 Å². The molecule has 0 unspecified atom stereocenters. The number of hydrogen-bond donors (Lipinski definition) is 2. The lowest BCUT2D eigenvalue weighted by Crippen LogP contribution is -2.27. The maximum absolute atomic E-state index is 6.04. The fourth-order valence-corrected chi connectivity index (χ4v) is 2.30. The van der Waals surface area contributed by atoms with Crippen LogP contribution in [0.15, 0.2) is 53.8 Å². The van der Waals surface area contributed by atoms with Crippen LogP contribution in [0, 0.1) is 0 Å². The van der Waals surface area contributed by atoms with Gasteiger partial charge in [0.05, 0.1) is 6.54 Å². The molecule has 0 bridgehead atoms. The van der Waals surface area contributed by atoms with Crippen LogP contribution in [0.2, 0.25) is 0 Å². The van der Waals surface area contributed by atoms with E-state index >= 15 is 0 Å². The van der Waals surface area contributed by atoms with Gasteiger partial charge in [0.25, 0.3) is 0 Å². The van der Waals surface area contributed by atoms with E-state index < -0.39 is 0 Å². The van der Waals surface area contributed by atoms with Gasteiger partial charge in [0.1, 0.15) is 0 Å². The third-order valence-electron chi connectivity index (χ3n) is 3.91. The molecular formula is C19H26N4. The Balaban J connectivity index is 2.04. The Morgan fingerprint density at radius 3 is 2.70 bits per heavy atom. The molecule has 23 heavy (non-hydrogen) atoms. The van der Waals surface area contributed by atoms with Crippen LogP contribution in [0.4, 0.5) is 5.69 Å². The highest BCUT2D eigenvalue weighted by molar-refractivity contribution is 5.92. The van der Waals surface area contributed by atoms with Gasteiger partial charge in [0.15, 0.2) is 5.96 Å². The third kappa shape index (κ3) is 4.81. The molecule has 0 saturated carbocycles. The number of guanidine groups is 1. The van der Waals surface area contributed by atoms with E-state index in [-0.39, 0.29) is 5.41 Å². The number of nitrogens with two attached hydrogens (primary N) is 1. The summed E-state index contributed by atoms with van der Waals surface area (Å²) in [4.78, 5) is 8.67. The summed E-state index contributed by atoms with van der Waals surface area (Å²) in [5, 5.41) is 3.17. The number of aliphatic imine (C=N–C) groups is 1. The van der Waals surface area contributed by atoms with Gasteiger partial charge in [-0.2, -0.15) is 0 Å². The first-order valence-electron chi connectivity index (χ1n) is 7.96. The van der Waals surface area contributed by atoms with Crippen molar-refractivity contribution in [3.8, 4) is 0 Å². The minimum Gasteiger partial charge on any atom is -0.370 e. The van der Waals surface area contributed by atoms with Gasteiger partial charge in [-0.15, -0.1) is 0 Å². The topological polar surface area (TPSA) is 63.3 Å². The van der Waals surface area contributed by atoms with E-state index in [0.717, 1.165) is 11.3 Å². The zero-order valence-corrected chi connectivity index (χ0v) is 14.4. The maximum atomic E-state index is 6.04. The number of benzene rings is 1. The number of pyridine rings is 1. The van der Waals surface area contributed by atoms with E-state index in [0.29, 0.717) is 18.4 Å². The zero-order chi connectivity index (χ0) is 16.9. The van der Waals surface area contributed by atoms with Crippen LogP contribution in [0.3, 0.4) is 0 Å². The summed E-state index contributed by atoms with van der Waals surface area (Å²) >= 11 is 0. The van der Waals surface area contributed by atoms with E-state index in [4.69, 9.17) is 5.73 Å². The molecule has 1 heterocycles. The molecule has 0 radical (unpaired) electrons. The minimum absolute atomic E-state index is 0.111. The van der Waals surface area contributed by atoms with Crippen LogP contribution in [-0.4, -0.2) is 17.5 Å². The largest absolute Gasteiger partial charge is 0.370 e. The first-order valence-corrected chi connectivity index (χ1v) is 7.96. The highest BCUT2D eigenvalue weighted by Gasteiger charge is 2.20. The second-order valence-corrected chi connectivity index (χ2v) is 6.73. The standard InChI is InChI=1S/C19H26N4/c1-14(2)15-7-5-9-17(11-15)23-18(20)22-13-19(3,4)16-8-6-10-21-12-16/h5-12,14H,13H2,1-4H3,(H3,20,22,23). The Kier molecular flexibility index (Phi) is 5.37. The van der Waals surface area contributed by atoms with Gasteiger partial charge in [-0.05, 0) is 35.2 Å². The molecule has 2 aromatic rings. The number of nitrogens with one attached hydrogen (secondary N) is 1. The maximum Gasteiger partial charge on any atom is 0.193 e. The third-order valence-corrected chi connectivity index (χ3v) is 3.91. The molecular weight excluding hydrogens is 284 g/mol. The lowest BCUT2D eigenvalue weighted by molar-refractivity contribution is 0.538. The predicted octanol–water partition coefficient (Wildman–Crippen LogP) is 3.91. The second kappa shape index (κ2) is 7.27. The lowest BCUT2D eigenvalue weighted by Gasteiger charge is -2.22. The van der Waals surface area contributed by atoms with Crippen LogP contribution in [0.5, 0.6) is 0 Å². The van der Waals surface area contributed by atoms with Crippen LogP contribution >= 0.6 is 0 Å². The first-order chi connectivity index (χ1) is 10.9. The normalized spacial score (nSPS) is 12.5. The first kappa shape index (κ1) is 17.0. The Bertz CT molecular complexity index is 660. The highest BCUT2D eigenvalue weighted by Crippen LogP contribution is 2.22. The van der Waals surface area contributed by atoms with Crippen molar-refractivity contribution < 1.29 is 0 Å². The van der Waals surface area contributed by atoms with E-state index in [1.165, 1.54) is 5.56 Å². The molecule has 0 spiro atoms. The van der Waals surface area contributed by atoms with Crippen LogP contribution in [0.1, 0.15) is 44.7 Å². The summed E-state index contributed by atoms with van der Waals surface area (Å²) in [6.07, 6.45) is 3.66. The molecule has 0 atom stereocenters. The van der Waals surface area contributed by atoms with Crippen LogP contribution < -0.4 is 11.1 Å². The van der Waals surface area contributed by atoms with E-state index in [1.807, 2.05) is 24.4 Å². The molecule has 0 amide bonds. The van der Waals surface area contributed by atoms with Gasteiger partial charge >= 0.3 is 0 Å². The molecule has 2 rings (SSSR count). The average Bonchev–Trinajstić information content (AvgIpc) is 2.54. The number of anilines is 1. The van der Waals surface area contributed by atoms with Crippen molar-refractivity contribution in [1.29, 1.82) is 0 Å². The summed E-state index contributed by atoms with van der Waals surface area (Å²) in [6.45, 7) is 9.22. The highest BCUT2D eigenvalue weighted by atomic mass is 15.1. The average molecular weight is 310 g/mol. The molecule has 4 nitrogen and oxygen atoms in total. The molecule has 4 heteroatoms. The fourth-order valence-electron chi connectivity index (χ4n) is 2.30. The molecule has 122 valence electrons. The second-order valence-electron chi connectivity index (χ2n) is 6.73. The summed E-state index contributed by atoms with van der Waals surface area (Å²) in [5.41, 5.74) is 9.33. The van der Waals surface area contributed by atoms with Crippen molar-refractivity contribution in [2.45, 2.75) is 39.0 Å². The number of hydrogen-bond acceptors (Lipinski definition) is 2. The summed E-state index contributed by atoms with van der Waals surface area (Å²) in [6, 6.07) is 12.3. The van der Waals surface area contributed by atoms with Crippen molar-refractivity contribution in [2.24, 2.45) is 10.7 Å². The molecule has 1 aromatic carbocycles. The van der Waals surface area contributed by atoms with Gasteiger partial charge in [-0.1, -0.05) is 45.9 Å². The molecule has 3 N–H and O–H groups in total.